The molecule has 0 nitrogen and oxygen atoms in total. The van der Waals surface area contributed by atoms with Crippen molar-refractivity contribution in [3.05, 3.63) is 19.5 Å². The summed E-state index contributed by atoms with van der Waals surface area (Å²) in [6, 6.07) is 0. The molecule has 0 amide bonds. The molecule has 0 saturated heterocycles. The van der Waals surface area contributed by atoms with E-state index in [0.717, 1.165) is 0 Å². The van der Waals surface area contributed by atoms with Crippen LogP contribution in [-0.4, -0.2) is 27.9 Å². The summed E-state index contributed by atoms with van der Waals surface area (Å²) in [5.74, 6) is 0. The molecule has 0 unspecified atom stereocenters. The fourth-order valence-electron chi connectivity index (χ4n) is 1.30. The van der Waals surface area contributed by atoms with Crippen molar-refractivity contribution in [3.63, 3.8) is 0 Å². The van der Waals surface area contributed by atoms with E-state index in [9.17, 15) is 0 Å². The molecule has 0 N–H and O–H groups in total. The first kappa shape index (κ1) is 7.59. The van der Waals surface area contributed by atoms with Gasteiger partial charge in [0.25, 0.3) is 0 Å². The second kappa shape index (κ2) is 2.61. The third-order valence-electron chi connectivity index (χ3n) is 2.37. The van der Waals surface area contributed by atoms with E-state index in [0.29, 0.717) is 0 Å². The average molecular weight is 130 g/mol. The van der Waals surface area contributed by atoms with Gasteiger partial charge in [-0.2, -0.15) is 0 Å². The van der Waals surface area contributed by atoms with Crippen LogP contribution < -0.4 is 0 Å². The Kier molecular flexibility index (Phi) is 2.20. The van der Waals surface area contributed by atoms with Crippen LogP contribution in [0.1, 0.15) is 27.2 Å². The molecular weight excluding hydrogens is 119 g/mol. The van der Waals surface area contributed by atoms with Gasteiger partial charge < -0.3 is 0 Å². The quantitative estimate of drug-likeness (QED) is 0.441. The normalized spacial score (nSPS) is 20.1. The molecule has 0 aromatic heterocycles. The Labute approximate surface area is 74.4 Å². The molecule has 44 valence electrons. The number of hydrogen-bond acceptors (Lipinski definition) is 0. The molecule has 0 spiro atoms. The molecule has 9 heavy (non-hydrogen) atoms. The van der Waals surface area contributed by atoms with Crippen molar-refractivity contribution in [3.8, 4) is 0 Å². The van der Waals surface area contributed by atoms with Gasteiger partial charge in [-0.05, 0) is 0 Å². The first-order valence-electron chi connectivity index (χ1n) is 3.46. The van der Waals surface area contributed by atoms with Crippen molar-refractivity contribution in [2.45, 2.75) is 27.2 Å². The molecule has 0 radical (unpaired) electrons. The van der Waals surface area contributed by atoms with Crippen LogP contribution in [0.5, 0.6) is 0 Å². The third-order valence-corrected chi connectivity index (χ3v) is 3.48. The zero-order valence-electron chi connectivity index (χ0n) is 6.71. The maximum absolute atomic E-state index is 2.24. The summed E-state index contributed by atoms with van der Waals surface area (Å²) in [5.41, 5.74) is 4.69. The molecule has 0 aliphatic heterocycles. The van der Waals surface area contributed by atoms with Crippen LogP contribution in [0.4, 0.5) is 0 Å². The van der Waals surface area contributed by atoms with Crippen LogP contribution in [0.15, 0.2) is 19.5 Å². The van der Waals surface area contributed by atoms with Gasteiger partial charge in [0.05, 0.1) is 0 Å². The van der Waals surface area contributed by atoms with Crippen LogP contribution >= 0.6 is 0 Å². The molecule has 0 heterocycles. The summed E-state index contributed by atoms with van der Waals surface area (Å²) in [7, 11) is 0. The van der Waals surface area contributed by atoms with Gasteiger partial charge in [-0.25, -0.2) is 0 Å². The van der Waals surface area contributed by atoms with E-state index >= 15 is 0 Å². The van der Waals surface area contributed by atoms with Crippen molar-refractivity contribution < 1.29 is 0 Å². The third kappa shape index (κ3) is 1.31. The van der Waals surface area contributed by atoms with Crippen molar-refractivity contribution in [1.29, 1.82) is 0 Å². The van der Waals surface area contributed by atoms with Crippen LogP contribution in [0.3, 0.4) is 0 Å². The molecule has 0 atom stereocenters. The van der Waals surface area contributed by atoms with Gasteiger partial charge >= 0.3 is 74.7 Å². The minimum atomic E-state index is 1.25. The van der Waals surface area contributed by atoms with Gasteiger partial charge in [0, 0.05) is 0 Å². The van der Waals surface area contributed by atoms with Gasteiger partial charge in [0.2, 0.25) is 0 Å². The Hall–Kier alpha value is 0.480. The molecule has 1 rings (SSSR count). The van der Waals surface area contributed by atoms with E-state index in [1.54, 1.807) is 19.5 Å². The predicted octanol–water partition coefficient (Wildman–Crippen LogP) is 2.17. The fourth-order valence-corrected chi connectivity index (χ4v) is 2.21. The standard InChI is InChI=1S/C8H11.Na/c1-6-4-5-7(2)8(6)3;/h4H2,1-3H3;. The summed E-state index contributed by atoms with van der Waals surface area (Å²) in [6.45, 7) is 6.72. The van der Waals surface area contributed by atoms with Crippen LogP contribution in [-0.2, 0) is 0 Å². The summed E-state index contributed by atoms with van der Waals surface area (Å²) in [6.07, 6.45) is 1.27. The molecule has 1 aliphatic rings. The molecule has 0 aromatic carbocycles. The fraction of sp³-hybridized carbons (Fsp3) is 0.500. The van der Waals surface area contributed by atoms with Crippen LogP contribution in [0, 0.1) is 0 Å². The van der Waals surface area contributed by atoms with Gasteiger partial charge in [0.1, 0.15) is 0 Å². The Morgan fingerprint density at radius 3 is 1.78 bits per heavy atom. The molecule has 0 saturated carbocycles. The Morgan fingerprint density at radius 1 is 1.11 bits per heavy atom. The molecular formula is C8H11Na. The van der Waals surface area contributed by atoms with E-state index < -0.39 is 0 Å². The molecule has 1 aliphatic carbocycles. The molecule has 1 heteroatoms. The van der Waals surface area contributed by atoms with Gasteiger partial charge in [-0.15, -0.1) is 0 Å². The summed E-state index contributed by atoms with van der Waals surface area (Å²) in [5, 5.41) is 0. The van der Waals surface area contributed by atoms with Crippen LogP contribution in [0.2, 0.25) is 0 Å². The number of allylic oxidation sites excluding steroid dienone is 4. The topological polar surface area (TPSA) is 0 Å². The second-order valence-electron chi connectivity index (χ2n) is 2.99. The van der Waals surface area contributed by atoms with Gasteiger partial charge in [0.15, 0.2) is 0 Å². The van der Waals surface area contributed by atoms with E-state index in [2.05, 4.69) is 20.8 Å². The van der Waals surface area contributed by atoms with Crippen LogP contribution in [0.25, 0.3) is 0 Å². The Balaban J connectivity index is 2.97. The summed E-state index contributed by atoms with van der Waals surface area (Å²) in [4.78, 5) is 0. The SMILES string of the molecule is CC1=C(C)C(C)=[C]([Na])C1. The van der Waals surface area contributed by atoms with Crippen molar-refractivity contribution in [2.75, 3.05) is 0 Å². The van der Waals surface area contributed by atoms with Crippen molar-refractivity contribution >= 4 is 27.9 Å². The summed E-state index contributed by atoms with van der Waals surface area (Å²) >= 11 is 1.25. The maximum atomic E-state index is 2.24. The van der Waals surface area contributed by atoms with E-state index in [-0.39, 0.29) is 0 Å². The van der Waals surface area contributed by atoms with Gasteiger partial charge in [-0.3, -0.25) is 0 Å². The Bertz CT molecular complexity index is 175. The Morgan fingerprint density at radius 2 is 1.67 bits per heavy atom. The zero-order valence-corrected chi connectivity index (χ0v) is 8.71. The number of hydrogen-bond donors (Lipinski definition) is 0. The molecule has 0 fully saturated rings. The van der Waals surface area contributed by atoms with E-state index in [1.165, 1.54) is 34.4 Å². The zero-order chi connectivity index (χ0) is 7.02. The molecule has 0 bridgehead atoms. The first-order valence-corrected chi connectivity index (χ1v) is 4.46. The van der Waals surface area contributed by atoms with E-state index in [1.807, 2.05) is 0 Å². The average Bonchev–Trinajstić information content (AvgIpc) is 1.98. The summed E-state index contributed by atoms with van der Waals surface area (Å²) < 4.78 is 1.69. The minimum absolute atomic E-state index is 1.25. The van der Waals surface area contributed by atoms with Crippen molar-refractivity contribution in [2.24, 2.45) is 0 Å². The van der Waals surface area contributed by atoms with Gasteiger partial charge in [-0.1, -0.05) is 0 Å². The molecule has 0 aromatic rings. The second-order valence-corrected chi connectivity index (χ2v) is 4.19. The number of rotatable bonds is 0. The van der Waals surface area contributed by atoms with E-state index in [4.69, 9.17) is 0 Å². The van der Waals surface area contributed by atoms with Crippen molar-refractivity contribution in [1.82, 2.24) is 0 Å². The monoisotopic (exact) mass is 130 g/mol. The first-order chi connectivity index (χ1) is 4.13. The predicted molar refractivity (Wildman–Crippen MR) is 41.4 cm³/mol.